The molecule has 50 heavy (non-hydrogen) atoms. The van der Waals surface area contributed by atoms with Crippen LogP contribution in [0.15, 0.2) is 93.1 Å². The normalized spacial score (nSPS) is 13.1. The predicted molar refractivity (Wildman–Crippen MR) is 167 cm³/mol. The van der Waals surface area contributed by atoms with E-state index in [9.17, 15) is 0 Å². The summed E-state index contributed by atoms with van der Waals surface area (Å²) in [5.74, 6) is 2.08. The van der Waals surface area contributed by atoms with Crippen molar-refractivity contribution < 1.29 is 106 Å². The second-order valence-corrected chi connectivity index (χ2v) is 10.8. The largest absolute Gasteiger partial charge is 1.00 e. The summed E-state index contributed by atoms with van der Waals surface area (Å²) < 4.78 is 0. The van der Waals surface area contributed by atoms with E-state index < -0.39 is 0 Å². The number of nitrogens with zero attached hydrogens (tertiary/aromatic N) is 6. The van der Waals surface area contributed by atoms with Crippen molar-refractivity contribution in [2.45, 2.75) is 38.8 Å². The molecule has 0 fully saturated rings. The van der Waals surface area contributed by atoms with Crippen LogP contribution in [0.5, 0.6) is 0 Å². The number of aromatic nitrogens is 4. The zero-order valence-corrected chi connectivity index (χ0v) is 32.0. The summed E-state index contributed by atoms with van der Waals surface area (Å²) in [5.41, 5.74) is 7.14. The summed E-state index contributed by atoms with van der Waals surface area (Å²) in [6.45, 7) is 4.93. The lowest BCUT2D eigenvalue weighted by atomic mass is 10.1. The van der Waals surface area contributed by atoms with Gasteiger partial charge >= 0.3 is 11.9 Å². The standard InChI is InChI=1S/C30H40N14.6ClH/c1-2-23(13-39-29(35-8-4-25-15-31-19-41-25)36-9-5-26-16-32-20-42-26)12-24(3-1)14-40-30(37-10-6-27-17-33-21-43-27)38-11-7-28-18-34-22-44-28;;;;;;/h1-3,12,15-22H,4-11,13-14H2,(H,31,41)(H,32,42)(H,33,43)(H,34,44)(H2,35,36,39)(H2,37,38,40);6*1H. The van der Waals surface area contributed by atoms with Crippen molar-refractivity contribution in [3.05, 3.63) is 95.6 Å². The number of hydrogen-bond acceptors (Lipinski definition) is 6. The quantitative estimate of drug-likeness (QED) is 0.0525. The maximum Gasteiger partial charge on any atom is 0.388 e. The van der Waals surface area contributed by atoms with E-state index in [0.717, 1.165) is 75.2 Å². The maximum atomic E-state index is 5.00. The lowest BCUT2D eigenvalue weighted by molar-refractivity contribution is -0.687. The summed E-state index contributed by atoms with van der Waals surface area (Å²) in [7, 11) is 0. The molecule has 278 valence electrons. The second-order valence-electron chi connectivity index (χ2n) is 10.8. The van der Waals surface area contributed by atoms with Gasteiger partial charge in [0.25, 0.3) is 0 Å². The summed E-state index contributed by atoms with van der Waals surface area (Å²) in [5, 5.41) is 13.1. The molecule has 0 unspecified atom stereocenters. The van der Waals surface area contributed by atoms with Gasteiger partial charge in [-0.2, -0.15) is 9.98 Å². The first kappa shape index (κ1) is 49.4. The van der Waals surface area contributed by atoms with Crippen LogP contribution in [0.1, 0.15) is 35.4 Å². The molecule has 0 amide bonds. The molecule has 2 aromatic heterocycles. The fourth-order valence-electron chi connectivity index (χ4n) is 4.92. The Morgan fingerprint density at radius 3 is 1.38 bits per heavy atom. The molecule has 14 nitrogen and oxygen atoms in total. The van der Waals surface area contributed by atoms with Crippen molar-refractivity contribution in [1.82, 2.24) is 19.9 Å². The molecule has 0 aliphatic carbocycles. The Hall–Kier alpha value is -2.70. The predicted octanol–water partition coefficient (Wildman–Crippen LogP) is -22.7. The monoisotopic (exact) mass is 812 g/mol. The number of hydrogen-bond donors (Lipinski definition) is 8. The van der Waals surface area contributed by atoms with Crippen LogP contribution in [-0.4, -0.2) is 70.7 Å². The number of quaternary nitrogens is 6. The van der Waals surface area contributed by atoms with Crippen LogP contribution in [0.25, 0.3) is 0 Å². The molecule has 1 aromatic carbocycles. The zero-order chi connectivity index (χ0) is 30.1. The third-order valence-corrected chi connectivity index (χ3v) is 7.33. The van der Waals surface area contributed by atoms with Crippen LogP contribution in [0.4, 0.5) is 0 Å². The fraction of sp³-hybridized carbons (Fsp3) is 0.333. The van der Waals surface area contributed by atoms with E-state index in [2.05, 4.69) is 86.1 Å². The van der Waals surface area contributed by atoms with Crippen molar-refractivity contribution in [2.75, 3.05) is 26.2 Å². The molecule has 0 radical (unpaired) electrons. The highest BCUT2D eigenvalue weighted by Crippen LogP contribution is 2.07. The van der Waals surface area contributed by atoms with E-state index in [-0.39, 0.29) is 74.4 Å². The highest BCUT2D eigenvalue weighted by atomic mass is 35.5. The molecule has 5 rings (SSSR count). The van der Waals surface area contributed by atoms with Crippen LogP contribution in [-0.2, 0) is 25.9 Å². The average Bonchev–Trinajstić information content (AvgIpc) is 3.88. The van der Waals surface area contributed by atoms with Crippen LogP contribution in [0.2, 0.25) is 0 Å². The molecular formula is C30H46Cl6N14. The molecule has 0 spiro atoms. The van der Waals surface area contributed by atoms with Gasteiger partial charge < -0.3 is 84.4 Å². The number of rotatable bonds is 16. The number of halogens is 6. The molecule has 20 heteroatoms. The number of aliphatic imine (C=N–C) groups is 4. The molecule has 2 aliphatic heterocycles. The second kappa shape index (κ2) is 28.9. The summed E-state index contributed by atoms with van der Waals surface area (Å²) in [6, 6.07) is 8.62. The SMILES string of the molecule is C1=NC=C(CC[NH2+]C(=NCc2cccc(CN=C([NH2+]CCC3=CN=C[NH2+]3)[NH2+]CCc3cnc[nH]3)c2)[NH2+]CCc2cnc[nH]2)[NH2+]1.[Cl-].[Cl-].[Cl-].[Cl-].[Cl-].[Cl-]. The first-order valence-corrected chi connectivity index (χ1v) is 15.4. The molecule has 0 atom stereocenters. The molecular weight excluding hydrogens is 769 g/mol. The van der Waals surface area contributed by atoms with Crippen LogP contribution >= 0.6 is 0 Å². The van der Waals surface area contributed by atoms with Gasteiger partial charge in [0.2, 0.25) is 0 Å². The van der Waals surface area contributed by atoms with Crippen molar-refractivity contribution in [3.8, 4) is 0 Å². The first-order chi connectivity index (χ1) is 21.8. The molecule has 3 aromatic rings. The first-order valence-electron chi connectivity index (χ1n) is 15.4. The van der Waals surface area contributed by atoms with Gasteiger partial charge in [-0.25, -0.2) is 41.2 Å². The van der Waals surface area contributed by atoms with Gasteiger partial charge in [-0.15, -0.1) is 0 Å². The Kier molecular flexibility index (Phi) is 28.6. The van der Waals surface area contributed by atoms with Gasteiger partial charge in [-0.3, -0.25) is 10.6 Å². The van der Waals surface area contributed by atoms with E-state index in [4.69, 9.17) is 9.98 Å². The minimum Gasteiger partial charge on any atom is -1.00 e. The van der Waals surface area contributed by atoms with Gasteiger partial charge in [-0.1, -0.05) is 24.3 Å². The number of nitrogens with two attached hydrogens (primary N) is 6. The smallest absolute Gasteiger partial charge is 0.388 e. The van der Waals surface area contributed by atoms with Crippen molar-refractivity contribution in [3.63, 3.8) is 0 Å². The Balaban J connectivity index is 0. The Labute approximate surface area is 329 Å². The Morgan fingerprint density at radius 1 is 0.600 bits per heavy atom. The van der Waals surface area contributed by atoms with Gasteiger partial charge in [0.1, 0.15) is 11.4 Å². The van der Waals surface area contributed by atoms with Crippen LogP contribution in [0, 0.1) is 0 Å². The number of nitrogens with one attached hydrogen (secondary N) is 2. The summed E-state index contributed by atoms with van der Waals surface area (Å²) in [4.78, 5) is 33.0. The van der Waals surface area contributed by atoms with E-state index >= 15 is 0 Å². The third kappa shape index (κ3) is 18.5. The van der Waals surface area contributed by atoms with E-state index in [0.29, 0.717) is 13.1 Å². The summed E-state index contributed by atoms with van der Waals surface area (Å²) >= 11 is 0. The molecule has 4 heterocycles. The van der Waals surface area contributed by atoms with Crippen molar-refractivity contribution in [1.29, 1.82) is 0 Å². The fourth-order valence-corrected chi connectivity index (χ4v) is 4.92. The van der Waals surface area contributed by atoms with Gasteiger partial charge in [0.15, 0.2) is 12.7 Å². The van der Waals surface area contributed by atoms with Gasteiger partial charge in [0.05, 0.1) is 77.2 Å². The minimum atomic E-state index is 0. The van der Waals surface area contributed by atoms with Gasteiger partial charge in [-0.05, 0) is 11.1 Å². The van der Waals surface area contributed by atoms with Crippen LogP contribution < -0.4 is 106 Å². The van der Waals surface area contributed by atoms with Crippen LogP contribution in [0.3, 0.4) is 0 Å². The zero-order valence-electron chi connectivity index (χ0n) is 27.4. The average molecular weight is 816 g/mol. The lowest BCUT2D eigenvalue weighted by Crippen LogP contribution is -3.10. The maximum absolute atomic E-state index is 5.00. The highest BCUT2D eigenvalue weighted by Gasteiger charge is 2.14. The topological polar surface area (TPSA) is 206 Å². The van der Waals surface area contributed by atoms with Crippen molar-refractivity contribution >= 4 is 24.6 Å². The molecule has 14 N–H and O–H groups in total. The minimum absolute atomic E-state index is 0. The number of benzene rings is 1. The van der Waals surface area contributed by atoms with Gasteiger partial charge in [0, 0.05) is 36.6 Å². The summed E-state index contributed by atoms with van der Waals surface area (Å²) in [6.07, 6.45) is 18.5. The van der Waals surface area contributed by atoms with E-state index in [1.54, 1.807) is 12.7 Å². The molecule has 2 aliphatic rings. The highest BCUT2D eigenvalue weighted by molar-refractivity contribution is 5.59. The number of aromatic amines is 2. The molecule has 0 bridgehead atoms. The van der Waals surface area contributed by atoms with Crippen molar-refractivity contribution in [2.24, 2.45) is 20.0 Å². The molecule has 0 saturated carbocycles. The Morgan fingerprint density at radius 2 is 1.02 bits per heavy atom. The number of imidazole rings is 2. The number of H-pyrrole nitrogens is 2. The lowest BCUT2D eigenvalue weighted by Gasteiger charge is -2.05. The van der Waals surface area contributed by atoms with E-state index in [1.807, 2.05) is 37.5 Å². The Bertz CT molecular complexity index is 1380. The van der Waals surface area contributed by atoms with E-state index in [1.165, 1.54) is 22.5 Å². The third-order valence-electron chi connectivity index (χ3n) is 7.33. The molecule has 0 saturated heterocycles. The number of guanidine groups is 2.